The molecule has 362 valence electrons. The molecule has 0 bridgehead atoms. The molecule has 0 saturated heterocycles. The topological polar surface area (TPSA) is 0 Å². The minimum Gasteiger partial charge on any atom is -1.00 e. The number of halogens is 3. The summed E-state index contributed by atoms with van der Waals surface area (Å²) in [5.41, 5.74) is 18.8. The van der Waals surface area contributed by atoms with Gasteiger partial charge in [0, 0.05) is 0 Å². The van der Waals surface area contributed by atoms with Gasteiger partial charge in [0.1, 0.15) is 0 Å². The molecule has 9 aromatic rings. The summed E-state index contributed by atoms with van der Waals surface area (Å²) in [7, 11) is -3.25. The van der Waals surface area contributed by atoms with Gasteiger partial charge in [-0.3, -0.25) is 6.08 Å². The Morgan fingerprint density at radius 1 is 0.315 bits per heavy atom. The normalized spacial score (nSPS) is 12.9. The van der Waals surface area contributed by atoms with Crippen LogP contribution in [0.25, 0.3) is 0 Å². The first-order valence-electron chi connectivity index (χ1n) is 24.8. The summed E-state index contributed by atoms with van der Waals surface area (Å²) < 4.78 is 0. The average molecular weight is 1060 g/mol. The van der Waals surface area contributed by atoms with E-state index in [1.807, 2.05) is 0 Å². The molecule has 1 aliphatic rings. The summed E-state index contributed by atoms with van der Waals surface area (Å²) in [6, 6.07) is 89.7. The average Bonchev–Trinajstić information content (AvgIpc) is 3.62. The smallest absolute Gasteiger partial charge is 1.00 e. The molecule has 0 aliphatic heterocycles. The second kappa shape index (κ2) is 26.5. The Labute approximate surface area is 469 Å². The van der Waals surface area contributed by atoms with Crippen LogP contribution < -0.4 is 52.8 Å². The molecular weight excluding hydrogens is 999 g/mol. The van der Waals surface area contributed by atoms with Crippen LogP contribution >= 0.6 is 0 Å². The van der Waals surface area contributed by atoms with E-state index in [0.717, 1.165) is 38.5 Å². The number of allylic oxidation sites excluding steroid dienone is 4. The van der Waals surface area contributed by atoms with Gasteiger partial charge >= 0.3 is 21.7 Å². The molecule has 1 aliphatic carbocycles. The van der Waals surface area contributed by atoms with Crippen molar-refractivity contribution in [2.24, 2.45) is 5.92 Å². The van der Waals surface area contributed by atoms with E-state index in [9.17, 15) is 0 Å². The molecule has 1 atom stereocenters. The van der Waals surface area contributed by atoms with Gasteiger partial charge in [-0.1, -0.05) is 256 Å². The molecule has 0 N–H and O–H groups in total. The number of hydrogen-bond donors (Lipinski definition) is 0. The van der Waals surface area contributed by atoms with E-state index >= 15 is 0 Å². The van der Waals surface area contributed by atoms with Crippen LogP contribution in [0.3, 0.4) is 0 Å². The van der Waals surface area contributed by atoms with Gasteiger partial charge in [0.05, 0.1) is 0 Å². The van der Waals surface area contributed by atoms with E-state index < -0.39 is 8.07 Å². The van der Waals surface area contributed by atoms with E-state index in [1.54, 1.807) is 5.20 Å². The van der Waals surface area contributed by atoms with Crippen LogP contribution in [0.15, 0.2) is 253 Å². The summed E-state index contributed by atoms with van der Waals surface area (Å²) in [5.74, 6) is 0.123. The fourth-order valence-electron chi connectivity index (χ4n) is 11.1. The summed E-state index contributed by atoms with van der Waals surface area (Å²) >= 11 is 0. The maximum atomic E-state index is 4.04. The number of hydrogen-bond acceptors (Lipinski definition) is 0. The van der Waals surface area contributed by atoms with Crippen LogP contribution in [-0.4, -0.2) is 8.07 Å². The van der Waals surface area contributed by atoms with E-state index in [2.05, 4.69) is 263 Å². The van der Waals surface area contributed by atoms with Crippen LogP contribution in [0.2, 0.25) is 0 Å². The standard InChI is InChI=1S/C68H61Si.3ClH.Ti/c1-50-34-51(2)68(52(50)3)69(65-44-59(35-53-22-10-4-11-23-53)41-60(45-65)36-54-24-12-5-13-25-54,66-46-61(37-55-26-14-6-15-27-55)42-62(47-66)38-56-28-16-7-17-29-56)67-48-63(39-57-30-18-8-19-31-57)43-64(49-67)40-58-32-20-9-21-33-58;;;;/h4-33,41-49,51H,35-40H2,1-3H3;3*1H;/q-1;;;;+4/p-3. The quantitative estimate of drug-likeness (QED) is 0.0731. The third-order valence-corrected chi connectivity index (χ3v) is 19.3. The van der Waals surface area contributed by atoms with E-state index in [4.69, 9.17) is 0 Å². The van der Waals surface area contributed by atoms with Gasteiger partial charge < -0.3 is 37.2 Å². The largest absolute Gasteiger partial charge is 4.00 e. The zero-order valence-corrected chi connectivity index (χ0v) is 46.8. The monoisotopic (exact) mass is 1060 g/mol. The molecule has 1 unspecified atom stereocenters. The van der Waals surface area contributed by atoms with Gasteiger partial charge in [0.15, 0.2) is 8.07 Å². The van der Waals surface area contributed by atoms with Crippen LogP contribution in [0.1, 0.15) is 87.5 Å². The first-order chi connectivity index (χ1) is 33.8. The molecule has 0 saturated carbocycles. The molecule has 73 heavy (non-hydrogen) atoms. The molecule has 9 aromatic carbocycles. The summed E-state index contributed by atoms with van der Waals surface area (Å²) in [5, 5.41) is 5.89. The maximum Gasteiger partial charge on any atom is 4.00 e. The Morgan fingerprint density at radius 2 is 0.521 bits per heavy atom. The van der Waals surface area contributed by atoms with Gasteiger partial charge in [0.2, 0.25) is 0 Å². The van der Waals surface area contributed by atoms with Crippen LogP contribution in [0.5, 0.6) is 0 Å². The van der Waals surface area contributed by atoms with Crippen molar-refractivity contribution in [3.63, 3.8) is 0 Å². The van der Waals surface area contributed by atoms with E-state index in [-0.39, 0.29) is 64.9 Å². The first-order valence-corrected chi connectivity index (χ1v) is 26.8. The number of benzene rings is 9. The summed E-state index contributed by atoms with van der Waals surface area (Å²) in [6.45, 7) is 7.12. The SMILES string of the molecule is CC1=[C-]C(C)C([Si](c2cc(Cc3ccccc3)cc(Cc3ccccc3)c2)(c2cc(Cc3ccccc3)cc(Cc3ccccc3)c2)c2cc(Cc3ccccc3)cc(Cc3ccccc3)c2)=C1C.[Cl-].[Cl-].[Cl-].[Ti+4]. The fraction of sp³-hybridized carbons (Fsp3) is 0.147. The molecule has 5 heteroatoms. The van der Waals surface area contributed by atoms with E-state index in [0.29, 0.717) is 0 Å². The van der Waals surface area contributed by atoms with Crippen LogP contribution in [0.4, 0.5) is 0 Å². The van der Waals surface area contributed by atoms with Gasteiger partial charge in [-0.05, 0) is 121 Å². The zero-order chi connectivity index (χ0) is 47.0. The van der Waals surface area contributed by atoms with Crippen LogP contribution in [0, 0.1) is 12.0 Å². The summed E-state index contributed by atoms with van der Waals surface area (Å²) in [6.07, 6.45) is 9.19. The zero-order valence-electron chi connectivity index (χ0n) is 42.0. The van der Waals surface area contributed by atoms with Crippen molar-refractivity contribution in [3.05, 3.63) is 326 Å². The molecule has 10 rings (SSSR count). The molecule has 0 nitrogen and oxygen atoms in total. The molecule has 0 radical (unpaired) electrons. The Hall–Kier alpha value is -5.74. The van der Waals surface area contributed by atoms with Crippen molar-refractivity contribution in [1.82, 2.24) is 0 Å². The van der Waals surface area contributed by atoms with E-state index in [1.165, 1.54) is 93.5 Å². The third kappa shape index (κ3) is 13.5. The van der Waals surface area contributed by atoms with Crippen molar-refractivity contribution in [3.8, 4) is 0 Å². The maximum absolute atomic E-state index is 4.04. The fourth-order valence-corrected chi connectivity index (χ4v) is 17.0. The van der Waals surface area contributed by atoms with Crippen molar-refractivity contribution in [1.29, 1.82) is 0 Å². The predicted molar refractivity (Wildman–Crippen MR) is 294 cm³/mol. The van der Waals surface area contributed by atoms with Crippen molar-refractivity contribution < 1.29 is 58.9 Å². The minimum absolute atomic E-state index is 0. The second-order valence-electron chi connectivity index (χ2n) is 19.4. The van der Waals surface area contributed by atoms with Crippen molar-refractivity contribution in [2.45, 2.75) is 59.3 Å². The van der Waals surface area contributed by atoms with Crippen molar-refractivity contribution >= 4 is 23.6 Å². The molecule has 0 fully saturated rings. The second-order valence-corrected chi connectivity index (χ2v) is 23.1. The molecule has 0 heterocycles. The van der Waals surface area contributed by atoms with Crippen molar-refractivity contribution in [2.75, 3.05) is 0 Å². The minimum atomic E-state index is -3.25. The Morgan fingerprint density at radius 3 is 0.699 bits per heavy atom. The Balaban J connectivity index is 0.00000217. The molecule has 0 amide bonds. The van der Waals surface area contributed by atoms with Gasteiger partial charge in [-0.15, -0.1) is 6.92 Å². The first kappa shape index (κ1) is 56.6. The number of rotatable bonds is 16. The molecule has 0 aromatic heterocycles. The van der Waals surface area contributed by atoms with Gasteiger partial charge in [0.25, 0.3) is 0 Å². The van der Waals surface area contributed by atoms with Gasteiger partial charge in [-0.25, -0.2) is 11.1 Å². The Kier molecular flexibility index (Phi) is 20.5. The van der Waals surface area contributed by atoms with Crippen LogP contribution in [-0.2, 0) is 60.2 Å². The predicted octanol–water partition coefficient (Wildman–Crippen LogP) is 4.97. The molecule has 0 spiro atoms. The van der Waals surface area contributed by atoms with Gasteiger partial charge in [-0.2, -0.15) is 5.20 Å². The summed E-state index contributed by atoms with van der Waals surface area (Å²) in [4.78, 5) is 0. The third-order valence-electron chi connectivity index (χ3n) is 14.2. The molecular formula is C68H61Cl3SiTi. The Bertz CT molecular complexity index is 2740.